The molecule has 0 fully saturated rings. The van der Waals surface area contributed by atoms with Gasteiger partial charge in [0.15, 0.2) is 5.78 Å². The van der Waals surface area contributed by atoms with Gasteiger partial charge in [0.05, 0.1) is 6.26 Å². The Bertz CT molecular complexity index is 1420. The first-order valence-electron chi connectivity index (χ1n) is 11.0. The number of hydrogen-bond donors (Lipinski definition) is 2. The summed E-state index contributed by atoms with van der Waals surface area (Å²) >= 11 is 0. The third-order valence-corrected chi connectivity index (χ3v) is 5.10. The summed E-state index contributed by atoms with van der Waals surface area (Å²) < 4.78 is 19.4. The molecule has 0 spiro atoms. The van der Waals surface area contributed by atoms with Crippen LogP contribution in [0.4, 0.5) is 10.1 Å². The number of benzene rings is 3. The molecule has 36 heavy (non-hydrogen) atoms. The highest BCUT2D eigenvalue weighted by molar-refractivity contribution is 6.11. The van der Waals surface area contributed by atoms with Gasteiger partial charge in [0.1, 0.15) is 17.3 Å². The van der Waals surface area contributed by atoms with Crippen molar-refractivity contribution in [2.75, 3.05) is 5.32 Å². The molecule has 0 atom stereocenters. The molecule has 4 aromatic rings. The minimum absolute atomic E-state index is 0.139. The standard InChI is InChI=1S/C29H21FN2O4/c30-25-11-5-4-9-22(25)19-26(32-28(34)21-7-2-1-3-8-21)29(35)31-23-14-12-20(13-15-23)27(33)17-16-24-10-6-18-36-24/h1-19H,(H,31,35)(H,32,34)/b17-16+,26-19-. The molecule has 2 amide bonds. The predicted octanol–water partition coefficient (Wildman–Crippen LogP) is 5.72. The molecule has 1 aromatic heterocycles. The van der Waals surface area contributed by atoms with Crippen LogP contribution in [0.25, 0.3) is 12.2 Å². The Morgan fingerprint density at radius 2 is 1.50 bits per heavy atom. The lowest BCUT2D eigenvalue weighted by atomic mass is 10.1. The predicted molar refractivity (Wildman–Crippen MR) is 135 cm³/mol. The van der Waals surface area contributed by atoms with Gasteiger partial charge in [-0.1, -0.05) is 36.4 Å². The van der Waals surface area contributed by atoms with Crippen molar-refractivity contribution in [3.05, 3.63) is 137 Å². The SMILES string of the molecule is O=C(Nc1ccc(C(=O)/C=C/c2ccco2)cc1)/C(=C/c1ccccc1F)NC(=O)c1ccccc1. The van der Waals surface area contributed by atoms with Gasteiger partial charge in [0, 0.05) is 22.4 Å². The summed E-state index contributed by atoms with van der Waals surface area (Å²) in [6, 6.07) is 24.0. The number of nitrogens with one attached hydrogen (secondary N) is 2. The van der Waals surface area contributed by atoms with Crippen molar-refractivity contribution in [1.82, 2.24) is 5.32 Å². The van der Waals surface area contributed by atoms with Crippen molar-refractivity contribution in [1.29, 1.82) is 0 Å². The van der Waals surface area contributed by atoms with Crippen molar-refractivity contribution in [2.45, 2.75) is 0 Å². The van der Waals surface area contributed by atoms with Gasteiger partial charge in [-0.25, -0.2) is 4.39 Å². The molecule has 0 aliphatic carbocycles. The summed E-state index contributed by atoms with van der Waals surface area (Å²) in [6.45, 7) is 0. The maximum Gasteiger partial charge on any atom is 0.272 e. The summed E-state index contributed by atoms with van der Waals surface area (Å²) in [6.07, 6.45) is 5.73. The summed E-state index contributed by atoms with van der Waals surface area (Å²) in [5, 5.41) is 5.23. The molecule has 1 heterocycles. The van der Waals surface area contributed by atoms with Crippen molar-refractivity contribution in [2.24, 2.45) is 0 Å². The smallest absolute Gasteiger partial charge is 0.272 e. The van der Waals surface area contributed by atoms with Crippen LogP contribution in [0.15, 0.2) is 113 Å². The number of halogens is 1. The Morgan fingerprint density at radius 1 is 0.778 bits per heavy atom. The van der Waals surface area contributed by atoms with E-state index in [1.165, 1.54) is 36.6 Å². The average molecular weight is 480 g/mol. The number of ketones is 1. The molecule has 178 valence electrons. The molecule has 4 rings (SSSR count). The molecule has 0 saturated carbocycles. The second-order valence-electron chi connectivity index (χ2n) is 7.64. The van der Waals surface area contributed by atoms with Crippen LogP contribution >= 0.6 is 0 Å². The van der Waals surface area contributed by atoms with Gasteiger partial charge in [0.2, 0.25) is 0 Å². The molecule has 0 aliphatic heterocycles. The third-order valence-electron chi connectivity index (χ3n) is 5.10. The van der Waals surface area contributed by atoms with E-state index in [-0.39, 0.29) is 17.0 Å². The molecule has 7 heteroatoms. The van der Waals surface area contributed by atoms with E-state index in [9.17, 15) is 18.8 Å². The quantitative estimate of drug-likeness (QED) is 0.249. The van der Waals surface area contributed by atoms with Gasteiger partial charge in [0.25, 0.3) is 11.8 Å². The first kappa shape index (κ1) is 24.1. The van der Waals surface area contributed by atoms with E-state index < -0.39 is 17.6 Å². The highest BCUT2D eigenvalue weighted by Crippen LogP contribution is 2.15. The number of rotatable bonds is 8. The zero-order valence-electron chi connectivity index (χ0n) is 19.0. The molecular weight excluding hydrogens is 459 g/mol. The number of furan rings is 1. The molecular formula is C29H21FN2O4. The molecule has 0 saturated heterocycles. The van der Waals surface area contributed by atoms with Crippen LogP contribution in [-0.2, 0) is 4.79 Å². The van der Waals surface area contributed by atoms with Crippen molar-refractivity contribution in [3.63, 3.8) is 0 Å². The average Bonchev–Trinajstić information content (AvgIpc) is 3.43. The summed E-state index contributed by atoms with van der Waals surface area (Å²) in [4.78, 5) is 38.1. The Labute approximate surface area is 206 Å². The topological polar surface area (TPSA) is 88.4 Å². The van der Waals surface area contributed by atoms with E-state index in [2.05, 4.69) is 10.6 Å². The second-order valence-corrected chi connectivity index (χ2v) is 7.64. The van der Waals surface area contributed by atoms with Gasteiger partial charge in [-0.15, -0.1) is 0 Å². The normalized spacial score (nSPS) is 11.3. The van der Waals surface area contributed by atoms with E-state index in [0.29, 0.717) is 22.6 Å². The minimum Gasteiger partial charge on any atom is -0.465 e. The summed E-state index contributed by atoms with van der Waals surface area (Å²) in [7, 11) is 0. The van der Waals surface area contributed by atoms with Gasteiger partial charge in [-0.2, -0.15) is 0 Å². The van der Waals surface area contributed by atoms with Crippen molar-refractivity contribution < 1.29 is 23.2 Å². The Balaban J connectivity index is 1.51. The van der Waals surface area contributed by atoms with Crippen LogP contribution in [0.5, 0.6) is 0 Å². The highest BCUT2D eigenvalue weighted by atomic mass is 19.1. The van der Waals surface area contributed by atoms with Gasteiger partial charge in [-0.05, 0) is 72.8 Å². The summed E-state index contributed by atoms with van der Waals surface area (Å²) in [5.41, 5.74) is 1.14. The molecule has 0 bridgehead atoms. The largest absolute Gasteiger partial charge is 0.465 e. The fraction of sp³-hybridized carbons (Fsp3) is 0. The van der Waals surface area contributed by atoms with Crippen LogP contribution in [0.2, 0.25) is 0 Å². The van der Waals surface area contributed by atoms with E-state index >= 15 is 0 Å². The Kier molecular flexibility index (Phi) is 7.63. The van der Waals surface area contributed by atoms with Crippen LogP contribution in [0, 0.1) is 5.82 Å². The fourth-order valence-electron chi connectivity index (χ4n) is 3.25. The molecule has 2 N–H and O–H groups in total. The fourth-order valence-corrected chi connectivity index (χ4v) is 3.25. The first-order chi connectivity index (χ1) is 17.5. The van der Waals surface area contributed by atoms with E-state index in [0.717, 1.165) is 0 Å². The zero-order valence-corrected chi connectivity index (χ0v) is 19.0. The van der Waals surface area contributed by atoms with Crippen molar-refractivity contribution >= 4 is 35.4 Å². The van der Waals surface area contributed by atoms with E-state index in [4.69, 9.17) is 4.42 Å². The molecule has 0 aliphatic rings. The summed E-state index contributed by atoms with van der Waals surface area (Å²) in [5.74, 6) is -1.39. The van der Waals surface area contributed by atoms with E-state index in [1.54, 1.807) is 78.9 Å². The van der Waals surface area contributed by atoms with Crippen LogP contribution < -0.4 is 10.6 Å². The Hall–Kier alpha value is -5.04. The van der Waals surface area contributed by atoms with Gasteiger partial charge >= 0.3 is 0 Å². The lowest BCUT2D eigenvalue weighted by Crippen LogP contribution is -2.30. The maximum atomic E-state index is 14.2. The molecule has 0 radical (unpaired) electrons. The second kappa shape index (κ2) is 11.4. The van der Waals surface area contributed by atoms with Crippen LogP contribution in [-0.4, -0.2) is 17.6 Å². The third kappa shape index (κ3) is 6.30. The van der Waals surface area contributed by atoms with Crippen LogP contribution in [0.3, 0.4) is 0 Å². The minimum atomic E-state index is -0.653. The number of carbonyl (C=O) groups excluding carboxylic acids is 3. The number of anilines is 1. The monoisotopic (exact) mass is 480 g/mol. The molecule has 3 aromatic carbocycles. The number of amides is 2. The van der Waals surface area contributed by atoms with E-state index in [1.807, 2.05) is 0 Å². The maximum absolute atomic E-state index is 14.2. The number of carbonyl (C=O) groups is 3. The Morgan fingerprint density at radius 3 is 2.19 bits per heavy atom. The van der Waals surface area contributed by atoms with Crippen molar-refractivity contribution in [3.8, 4) is 0 Å². The first-order valence-corrected chi connectivity index (χ1v) is 11.0. The molecule has 6 nitrogen and oxygen atoms in total. The van der Waals surface area contributed by atoms with Gasteiger partial charge in [-0.3, -0.25) is 14.4 Å². The highest BCUT2D eigenvalue weighted by Gasteiger charge is 2.16. The van der Waals surface area contributed by atoms with Crippen LogP contribution in [0.1, 0.15) is 32.0 Å². The lowest BCUT2D eigenvalue weighted by molar-refractivity contribution is -0.113. The lowest BCUT2D eigenvalue weighted by Gasteiger charge is -2.12. The number of allylic oxidation sites excluding steroid dienone is 1. The molecule has 0 unspecified atom stereocenters. The van der Waals surface area contributed by atoms with Gasteiger partial charge < -0.3 is 15.1 Å². The zero-order chi connectivity index (χ0) is 25.3. The number of hydrogen-bond acceptors (Lipinski definition) is 4.